The van der Waals surface area contributed by atoms with Gasteiger partial charge in [0.05, 0.1) is 0 Å². The van der Waals surface area contributed by atoms with Gasteiger partial charge in [-0.1, -0.05) is 32.0 Å². The number of imide groups is 1. The van der Waals surface area contributed by atoms with Crippen molar-refractivity contribution in [1.29, 1.82) is 0 Å². The van der Waals surface area contributed by atoms with Gasteiger partial charge in [-0.3, -0.25) is 14.5 Å². The molecule has 4 amide bonds. The van der Waals surface area contributed by atoms with Gasteiger partial charge < -0.3 is 15.1 Å². The van der Waals surface area contributed by atoms with Gasteiger partial charge in [0.25, 0.3) is 11.8 Å². The Morgan fingerprint density at radius 3 is 2.30 bits per heavy atom. The average Bonchev–Trinajstić information content (AvgIpc) is 2.98. The molecule has 0 unspecified atom stereocenters. The molecule has 1 aromatic carbocycles. The van der Waals surface area contributed by atoms with E-state index in [1.807, 2.05) is 30.3 Å². The third-order valence-corrected chi connectivity index (χ3v) is 6.66. The first-order valence-electron chi connectivity index (χ1n) is 11.1. The van der Waals surface area contributed by atoms with Crippen LogP contribution in [0, 0.1) is 5.92 Å². The lowest BCUT2D eigenvalue weighted by atomic mass is 9.86. The molecule has 0 radical (unpaired) electrons. The van der Waals surface area contributed by atoms with E-state index in [0.29, 0.717) is 37.4 Å². The fourth-order valence-corrected chi connectivity index (χ4v) is 5.04. The van der Waals surface area contributed by atoms with Crippen LogP contribution in [0.3, 0.4) is 0 Å². The number of nitrogens with one attached hydrogen (secondary N) is 1. The molecule has 0 aromatic heterocycles. The molecule has 3 heterocycles. The third-order valence-electron chi connectivity index (χ3n) is 6.66. The molecule has 3 fully saturated rings. The van der Waals surface area contributed by atoms with Crippen LogP contribution in [0.1, 0.15) is 49.9 Å². The summed E-state index contributed by atoms with van der Waals surface area (Å²) in [6, 6.07) is 8.92. The Kier molecular flexibility index (Phi) is 5.82. The molecule has 7 heteroatoms. The van der Waals surface area contributed by atoms with Crippen molar-refractivity contribution in [2.24, 2.45) is 5.92 Å². The van der Waals surface area contributed by atoms with Crippen molar-refractivity contribution < 1.29 is 14.4 Å². The van der Waals surface area contributed by atoms with Gasteiger partial charge in [-0.25, -0.2) is 4.79 Å². The summed E-state index contributed by atoms with van der Waals surface area (Å²) in [5.41, 5.74) is -0.190. The van der Waals surface area contributed by atoms with E-state index in [-0.39, 0.29) is 23.9 Å². The summed E-state index contributed by atoms with van der Waals surface area (Å²) in [6.07, 6.45) is 2.61. The lowest BCUT2D eigenvalue weighted by Crippen LogP contribution is -2.56. The number of carbonyl (C=O) groups excluding carboxylic acids is 3. The molecule has 3 aliphatic rings. The predicted molar refractivity (Wildman–Crippen MR) is 114 cm³/mol. The van der Waals surface area contributed by atoms with E-state index in [9.17, 15) is 14.4 Å². The maximum atomic E-state index is 13.3. The highest BCUT2D eigenvalue weighted by molar-refractivity contribution is 6.07. The van der Waals surface area contributed by atoms with Crippen molar-refractivity contribution in [3.8, 4) is 0 Å². The number of hydrogen-bond acceptors (Lipinski definition) is 4. The fourth-order valence-electron chi connectivity index (χ4n) is 5.04. The molecule has 0 bridgehead atoms. The Morgan fingerprint density at radius 1 is 1.07 bits per heavy atom. The minimum atomic E-state index is -0.848. The lowest BCUT2D eigenvalue weighted by molar-refractivity contribution is -0.135. The molecule has 0 saturated carbocycles. The summed E-state index contributed by atoms with van der Waals surface area (Å²) in [5, 5.41) is 2.99. The van der Waals surface area contributed by atoms with E-state index in [1.54, 1.807) is 4.90 Å². The van der Waals surface area contributed by atoms with Crippen molar-refractivity contribution in [3.63, 3.8) is 0 Å². The van der Waals surface area contributed by atoms with Crippen molar-refractivity contribution in [3.05, 3.63) is 35.9 Å². The highest BCUT2D eigenvalue weighted by atomic mass is 16.2. The molecule has 0 aliphatic carbocycles. The minimum Gasteiger partial charge on any atom is -0.338 e. The van der Waals surface area contributed by atoms with Crippen LogP contribution in [0.5, 0.6) is 0 Å². The monoisotopic (exact) mass is 412 g/mol. The standard InChI is InChI=1S/C23H32N4O3/c1-17(2)16-25-12-8-19(9-13-25)27-21(29)23(24-22(27)30)10-14-26(15-11-23)20(28)18-6-4-3-5-7-18/h3-7,17,19H,8-16H2,1-2H3,(H,24,30). The van der Waals surface area contributed by atoms with Crippen molar-refractivity contribution >= 4 is 17.8 Å². The van der Waals surface area contributed by atoms with Gasteiger partial charge in [0, 0.05) is 44.3 Å². The second-order valence-corrected chi connectivity index (χ2v) is 9.27. The molecule has 3 saturated heterocycles. The van der Waals surface area contributed by atoms with Crippen LogP contribution >= 0.6 is 0 Å². The molecular formula is C23H32N4O3. The topological polar surface area (TPSA) is 73.0 Å². The highest BCUT2D eigenvalue weighted by Gasteiger charge is 2.54. The molecule has 0 atom stereocenters. The largest absolute Gasteiger partial charge is 0.338 e. The van der Waals surface area contributed by atoms with Crippen LogP contribution in [0.15, 0.2) is 30.3 Å². The zero-order valence-electron chi connectivity index (χ0n) is 18.0. The first kappa shape index (κ1) is 20.8. The Labute approximate surface area is 178 Å². The molecule has 162 valence electrons. The number of amides is 4. The maximum Gasteiger partial charge on any atom is 0.325 e. The Balaban J connectivity index is 1.37. The first-order chi connectivity index (χ1) is 14.4. The lowest BCUT2D eigenvalue weighted by Gasteiger charge is -2.39. The van der Waals surface area contributed by atoms with Crippen LogP contribution in [-0.2, 0) is 4.79 Å². The van der Waals surface area contributed by atoms with Gasteiger partial charge in [0.1, 0.15) is 5.54 Å². The highest BCUT2D eigenvalue weighted by Crippen LogP contribution is 2.33. The van der Waals surface area contributed by atoms with Gasteiger partial charge in [0.15, 0.2) is 0 Å². The van der Waals surface area contributed by atoms with Crippen molar-refractivity contribution in [2.75, 3.05) is 32.7 Å². The van der Waals surface area contributed by atoms with Gasteiger partial charge in [-0.2, -0.15) is 0 Å². The van der Waals surface area contributed by atoms with Crippen LogP contribution in [-0.4, -0.2) is 76.8 Å². The minimum absolute atomic E-state index is 0.0170. The summed E-state index contributed by atoms with van der Waals surface area (Å²) in [5.74, 6) is 0.503. The molecule has 30 heavy (non-hydrogen) atoms. The summed E-state index contributed by atoms with van der Waals surface area (Å²) < 4.78 is 0. The molecule has 3 aliphatic heterocycles. The van der Waals surface area contributed by atoms with Crippen molar-refractivity contribution in [1.82, 2.24) is 20.0 Å². The van der Waals surface area contributed by atoms with Gasteiger partial charge in [-0.05, 0) is 43.7 Å². The number of hydrogen-bond donors (Lipinski definition) is 1. The maximum absolute atomic E-state index is 13.3. The Hall–Kier alpha value is -2.41. The number of carbonyl (C=O) groups is 3. The molecule has 1 aromatic rings. The van der Waals surface area contributed by atoms with E-state index in [1.165, 1.54) is 4.90 Å². The number of rotatable bonds is 4. The molecular weight excluding hydrogens is 380 g/mol. The van der Waals surface area contributed by atoms with Crippen LogP contribution in [0.25, 0.3) is 0 Å². The van der Waals surface area contributed by atoms with Crippen LogP contribution in [0.2, 0.25) is 0 Å². The van der Waals surface area contributed by atoms with E-state index >= 15 is 0 Å². The van der Waals surface area contributed by atoms with Gasteiger partial charge in [0.2, 0.25) is 0 Å². The van der Waals surface area contributed by atoms with E-state index in [0.717, 1.165) is 32.5 Å². The summed E-state index contributed by atoms with van der Waals surface area (Å²) in [7, 11) is 0. The van der Waals surface area contributed by atoms with E-state index in [2.05, 4.69) is 24.1 Å². The number of urea groups is 1. The average molecular weight is 413 g/mol. The second kappa shape index (κ2) is 8.38. The normalized spacial score (nSPS) is 22.8. The third kappa shape index (κ3) is 3.95. The Morgan fingerprint density at radius 2 is 1.70 bits per heavy atom. The number of nitrogens with zero attached hydrogens (tertiary/aromatic N) is 3. The molecule has 4 rings (SSSR count). The Bertz CT molecular complexity index is 794. The van der Waals surface area contributed by atoms with Crippen LogP contribution in [0.4, 0.5) is 4.79 Å². The first-order valence-corrected chi connectivity index (χ1v) is 11.1. The zero-order chi connectivity index (χ0) is 21.3. The molecule has 7 nitrogen and oxygen atoms in total. The quantitative estimate of drug-likeness (QED) is 0.771. The van der Waals surface area contributed by atoms with E-state index in [4.69, 9.17) is 0 Å². The van der Waals surface area contributed by atoms with Crippen LogP contribution < -0.4 is 5.32 Å². The molecule has 1 N–H and O–H groups in total. The fraction of sp³-hybridized carbons (Fsp3) is 0.609. The predicted octanol–water partition coefficient (Wildman–Crippen LogP) is 2.33. The summed E-state index contributed by atoms with van der Waals surface area (Å²) >= 11 is 0. The number of piperidine rings is 2. The van der Waals surface area contributed by atoms with Gasteiger partial charge in [-0.15, -0.1) is 0 Å². The van der Waals surface area contributed by atoms with E-state index < -0.39 is 5.54 Å². The number of benzene rings is 1. The smallest absolute Gasteiger partial charge is 0.325 e. The summed E-state index contributed by atoms with van der Waals surface area (Å²) in [6.45, 7) is 8.27. The summed E-state index contributed by atoms with van der Waals surface area (Å²) in [4.78, 5) is 44.5. The number of likely N-dealkylation sites (tertiary alicyclic amines) is 2. The second-order valence-electron chi connectivity index (χ2n) is 9.27. The van der Waals surface area contributed by atoms with Gasteiger partial charge >= 0.3 is 6.03 Å². The molecule has 1 spiro atoms. The zero-order valence-corrected chi connectivity index (χ0v) is 18.0. The SMILES string of the molecule is CC(C)CN1CCC(N2C(=O)NC3(CCN(C(=O)c4ccccc4)CC3)C2=O)CC1. The van der Waals surface area contributed by atoms with Crippen molar-refractivity contribution in [2.45, 2.75) is 51.1 Å².